The molecule has 0 aromatic heterocycles. The Bertz CT molecular complexity index is 176. The summed E-state index contributed by atoms with van der Waals surface area (Å²) in [4.78, 5) is 13.7. The number of hydrogen-bond donors (Lipinski definition) is 1. The van der Waals surface area contributed by atoms with Crippen molar-refractivity contribution in [1.82, 2.24) is 4.90 Å². The molecule has 0 unspecified atom stereocenters. The summed E-state index contributed by atoms with van der Waals surface area (Å²) >= 11 is 0. The summed E-state index contributed by atoms with van der Waals surface area (Å²) < 4.78 is 0. The molecule has 0 aliphatic heterocycles. The minimum absolute atomic E-state index is 0.0796. The topological polar surface area (TPSA) is 46.3 Å². The fraction of sp³-hybridized carbons (Fsp3) is 0.909. The highest BCUT2D eigenvalue weighted by molar-refractivity contribution is 5.85. The molecule has 84 valence electrons. The van der Waals surface area contributed by atoms with Gasteiger partial charge >= 0.3 is 0 Å². The van der Waals surface area contributed by atoms with Crippen LogP contribution in [0.1, 0.15) is 46.5 Å². The van der Waals surface area contributed by atoms with Crippen molar-refractivity contribution in [3.8, 4) is 0 Å². The lowest BCUT2D eigenvalue weighted by atomic mass is 9.92. The van der Waals surface area contributed by atoms with Gasteiger partial charge in [-0.25, -0.2) is 0 Å². The summed E-state index contributed by atoms with van der Waals surface area (Å²) in [6.45, 7) is 6.87. The molecule has 0 saturated carbocycles. The van der Waals surface area contributed by atoms with Crippen molar-refractivity contribution in [3.05, 3.63) is 0 Å². The van der Waals surface area contributed by atoms with Crippen LogP contribution in [-0.2, 0) is 4.79 Å². The molecule has 0 atom stereocenters. The molecule has 0 aliphatic rings. The zero-order chi connectivity index (χ0) is 11.2. The molecule has 0 saturated heterocycles. The van der Waals surface area contributed by atoms with E-state index in [2.05, 4.69) is 6.92 Å². The van der Waals surface area contributed by atoms with Crippen LogP contribution in [0.4, 0.5) is 0 Å². The number of likely N-dealkylation sites (N-methyl/N-ethyl adjacent to an activating group) is 1. The van der Waals surface area contributed by atoms with Crippen LogP contribution >= 0.6 is 0 Å². The average Bonchev–Trinajstić information content (AvgIpc) is 2.23. The monoisotopic (exact) mass is 200 g/mol. The van der Waals surface area contributed by atoms with E-state index in [1.165, 1.54) is 0 Å². The molecule has 0 bridgehead atoms. The summed E-state index contributed by atoms with van der Waals surface area (Å²) in [6, 6.07) is 0. The molecule has 0 aromatic rings. The van der Waals surface area contributed by atoms with Gasteiger partial charge in [0, 0.05) is 13.6 Å². The first kappa shape index (κ1) is 13.4. The normalized spacial score (nSPS) is 11.5. The third-order valence-electron chi connectivity index (χ3n) is 2.88. The van der Waals surface area contributed by atoms with Crippen LogP contribution in [0.15, 0.2) is 0 Å². The van der Waals surface area contributed by atoms with E-state index in [0.29, 0.717) is 12.8 Å². The second kappa shape index (κ2) is 6.02. The van der Waals surface area contributed by atoms with Crippen LogP contribution in [0.3, 0.4) is 0 Å². The van der Waals surface area contributed by atoms with Crippen LogP contribution in [-0.4, -0.2) is 29.9 Å². The smallest absolute Gasteiger partial charge is 0.242 e. The van der Waals surface area contributed by atoms with Gasteiger partial charge in [0.25, 0.3) is 0 Å². The van der Waals surface area contributed by atoms with Gasteiger partial charge in [0.2, 0.25) is 5.91 Å². The van der Waals surface area contributed by atoms with E-state index in [4.69, 9.17) is 5.73 Å². The Hall–Kier alpha value is -0.570. The van der Waals surface area contributed by atoms with E-state index >= 15 is 0 Å². The van der Waals surface area contributed by atoms with E-state index in [1.807, 2.05) is 20.9 Å². The Labute approximate surface area is 87.6 Å². The first-order chi connectivity index (χ1) is 6.51. The maximum Gasteiger partial charge on any atom is 0.242 e. The predicted molar refractivity (Wildman–Crippen MR) is 60.0 cm³/mol. The highest BCUT2D eigenvalue weighted by atomic mass is 16.2. The van der Waals surface area contributed by atoms with Gasteiger partial charge in [-0.05, 0) is 19.3 Å². The lowest BCUT2D eigenvalue weighted by molar-refractivity contribution is -0.136. The van der Waals surface area contributed by atoms with Gasteiger partial charge in [-0.1, -0.05) is 27.2 Å². The largest absolute Gasteiger partial charge is 0.344 e. The number of rotatable bonds is 6. The summed E-state index contributed by atoms with van der Waals surface area (Å²) in [6.07, 6.45) is 3.57. The molecule has 0 radical (unpaired) electrons. The minimum Gasteiger partial charge on any atom is -0.344 e. The first-order valence-corrected chi connectivity index (χ1v) is 5.56. The Morgan fingerprint density at radius 3 is 2.14 bits per heavy atom. The van der Waals surface area contributed by atoms with Crippen LogP contribution in [0.5, 0.6) is 0 Å². The van der Waals surface area contributed by atoms with Crippen molar-refractivity contribution < 1.29 is 4.79 Å². The van der Waals surface area contributed by atoms with Crippen molar-refractivity contribution >= 4 is 5.91 Å². The zero-order valence-corrected chi connectivity index (χ0v) is 9.97. The molecule has 0 fully saturated rings. The van der Waals surface area contributed by atoms with Gasteiger partial charge in [0.15, 0.2) is 0 Å². The summed E-state index contributed by atoms with van der Waals surface area (Å²) in [5.74, 6) is 0.0796. The van der Waals surface area contributed by atoms with E-state index < -0.39 is 5.54 Å². The minimum atomic E-state index is -0.650. The Morgan fingerprint density at radius 2 is 1.79 bits per heavy atom. The molecule has 0 aliphatic carbocycles. The maximum absolute atomic E-state index is 11.9. The highest BCUT2D eigenvalue weighted by Gasteiger charge is 2.32. The molecule has 1 amide bonds. The summed E-state index contributed by atoms with van der Waals surface area (Å²) in [7, 11) is 1.84. The average molecular weight is 200 g/mol. The van der Waals surface area contributed by atoms with Crippen molar-refractivity contribution in [3.63, 3.8) is 0 Å². The van der Waals surface area contributed by atoms with Crippen LogP contribution < -0.4 is 5.73 Å². The van der Waals surface area contributed by atoms with Crippen molar-refractivity contribution in [2.75, 3.05) is 13.6 Å². The number of unbranched alkanes of at least 4 members (excludes halogenated alkanes) is 1. The van der Waals surface area contributed by atoms with Crippen molar-refractivity contribution in [2.45, 2.75) is 52.0 Å². The summed E-state index contributed by atoms with van der Waals surface area (Å²) in [5, 5.41) is 0. The van der Waals surface area contributed by atoms with Gasteiger partial charge in [-0.2, -0.15) is 0 Å². The molecular weight excluding hydrogens is 176 g/mol. The van der Waals surface area contributed by atoms with E-state index in [1.54, 1.807) is 4.90 Å². The maximum atomic E-state index is 11.9. The molecular formula is C11H24N2O. The highest BCUT2D eigenvalue weighted by Crippen LogP contribution is 2.14. The van der Waals surface area contributed by atoms with E-state index in [-0.39, 0.29) is 5.91 Å². The fourth-order valence-electron chi connectivity index (χ4n) is 1.43. The Morgan fingerprint density at radius 1 is 1.29 bits per heavy atom. The molecule has 0 spiro atoms. The summed E-state index contributed by atoms with van der Waals surface area (Å²) in [5.41, 5.74) is 5.37. The van der Waals surface area contributed by atoms with Gasteiger partial charge in [0.05, 0.1) is 5.54 Å². The zero-order valence-electron chi connectivity index (χ0n) is 9.97. The number of nitrogens with two attached hydrogens (primary N) is 1. The van der Waals surface area contributed by atoms with Gasteiger partial charge in [0.1, 0.15) is 0 Å². The Balaban J connectivity index is 4.28. The molecule has 3 nitrogen and oxygen atoms in total. The molecule has 2 N–H and O–H groups in total. The second-order valence-electron chi connectivity index (χ2n) is 3.94. The molecule has 0 rings (SSSR count). The number of carbonyl (C=O) groups excluding carboxylic acids is 1. The lowest BCUT2D eigenvalue weighted by Crippen LogP contribution is -2.53. The molecule has 14 heavy (non-hydrogen) atoms. The number of amides is 1. The van der Waals surface area contributed by atoms with Gasteiger partial charge in [-0.15, -0.1) is 0 Å². The third kappa shape index (κ3) is 3.29. The second-order valence-corrected chi connectivity index (χ2v) is 3.94. The fourth-order valence-corrected chi connectivity index (χ4v) is 1.43. The number of nitrogens with zero attached hydrogens (tertiary/aromatic N) is 1. The van der Waals surface area contributed by atoms with Gasteiger partial charge in [-0.3, -0.25) is 4.79 Å². The van der Waals surface area contributed by atoms with E-state index in [9.17, 15) is 4.79 Å². The van der Waals surface area contributed by atoms with Crippen molar-refractivity contribution in [2.24, 2.45) is 5.73 Å². The Kier molecular flexibility index (Phi) is 5.77. The standard InChI is InChI=1S/C11H24N2O/c1-5-8-9-13(4)10(14)11(12,6-2)7-3/h5-9,12H2,1-4H3. The van der Waals surface area contributed by atoms with Crippen molar-refractivity contribution in [1.29, 1.82) is 0 Å². The number of carbonyl (C=O) groups is 1. The third-order valence-corrected chi connectivity index (χ3v) is 2.88. The predicted octanol–water partition coefficient (Wildman–Crippen LogP) is 1.76. The molecule has 0 heterocycles. The SMILES string of the molecule is CCCCN(C)C(=O)C(N)(CC)CC. The van der Waals surface area contributed by atoms with E-state index in [0.717, 1.165) is 19.4 Å². The molecule has 0 aromatic carbocycles. The quantitative estimate of drug-likeness (QED) is 0.710. The lowest BCUT2D eigenvalue weighted by Gasteiger charge is -2.30. The van der Waals surface area contributed by atoms with Gasteiger partial charge < -0.3 is 10.6 Å². The first-order valence-electron chi connectivity index (χ1n) is 5.56. The van der Waals surface area contributed by atoms with Crippen LogP contribution in [0, 0.1) is 0 Å². The van der Waals surface area contributed by atoms with Crippen LogP contribution in [0.25, 0.3) is 0 Å². The number of hydrogen-bond acceptors (Lipinski definition) is 2. The van der Waals surface area contributed by atoms with Crippen LogP contribution in [0.2, 0.25) is 0 Å². The molecule has 3 heteroatoms.